The predicted octanol–water partition coefficient (Wildman–Crippen LogP) is 1.98. The molecule has 0 heterocycles. The summed E-state index contributed by atoms with van der Waals surface area (Å²) in [7, 11) is 3.23. The largest absolute Gasteiger partial charge is 0.510 e. The lowest BCUT2D eigenvalue weighted by molar-refractivity contribution is -0.143. The maximum absolute atomic E-state index is 15.7. The van der Waals surface area contributed by atoms with Crippen LogP contribution in [0.25, 0.3) is 5.76 Å². The van der Waals surface area contributed by atoms with Gasteiger partial charge in [0.25, 0.3) is 5.91 Å². The number of aromatic hydroxyl groups is 1. The molecule has 7 N–H and O–H groups in total. The van der Waals surface area contributed by atoms with E-state index in [9.17, 15) is 30.0 Å². The number of aliphatic hydroxyl groups is 3. The van der Waals surface area contributed by atoms with Gasteiger partial charge in [0.15, 0.2) is 11.4 Å². The lowest BCUT2D eigenvalue weighted by Crippen LogP contribution is -2.63. The van der Waals surface area contributed by atoms with Gasteiger partial charge in [0.2, 0.25) is 0 Å². The smallest absolute Gasteiger partial charge is 0.252 e. The number of ketones is 1. The summed E-state index contributed by atoms with van der Waals surface area (Å²) in [5, 5.41) is 47.8. The molecule has 0 aliphatic heterocycles. The summed E-state index contributed by atoms with van der Waals surface area (Å²) in [5.41, 5.74) is 1.92. The van der Waals surface area contributed by atoms with E-state index < -0.39 is 63.8 Å². The van der Waals surface area contributed by atoms with Crippen LogP contribution < -0.4 is 11.1 Å². The Morgan fingerprint density at radius 2 is 1.92 bits per heavy atom. The van der Waals surface area contributed by atoms with E-state index >= 15 is 4.39 Å². The quantitative estimate of drug-likeness (QED) is 0.356. The van der Waals surface area contributed by atoms with Crippen molar-refractivity contribution in [3.05, 3.63) is 57.6 Å². The van der Waals surface area contributed by atoms with E-state index in [4.69, 9.17) is 5.73 Å². The Balaban J connectivity index is 1.88. The van der Waals surface area contributed by atoms with Gasteiger partial charge in [-0.3, -0.25) is 14.5 Å². The number of nitrogens with zero attached hydrogens (tertiary/aromatic N) is 1. The molecule has 9 nitrogen and oxygen atoms in total. The number of nitrogens with two attached hydrogens (primary N) is 1. The van der Waals surface area contributed by atoms with Crippen molar-refractivity contribution in [2.24, 2.45) is 17.6 Å². The number of halogens is 1. The second kappa shape index (κ2) is 8.68. The lowest BCUT2D eigenvalue weighted by atomic mass is 9.56. The van der Waals surface area contributed by atoms with Crippen LogP contribution in [0.2, 0.25) is 0 Å². The monoisotopic (exact) mass is 515 g/mol. The number of nitrogens with one attached hydrogen (secondary N) is 1. The van der Waals surface area contributed by atoms with Gasteiger partial charge in [-0.25, -0.2) is 4.39 Å². The zero-order valence-corrected chi connectivity index (χ0v) is 21.6. The second-order valence-electron chi connectivity index (χ2n) is 11.4. The first kappa shape index (κ1) is 26.8. The molecule has 1 aromatic carbocycles. The molecule has 4 rings (SSSR count). The van der Waals surface area contributed by atoms with Gasteiger partial charge in [-0.15, -0.1) is 0 Å². The van der Waals surface area contributed by atoms with Gasteiger partial charge in [-0.05, 0) is 59.7 Å². The first-order valence-electron chi connectivity index (χ1n) is 12.1. The third-order valence-electron chi connectivity index (χ3n) is 7.72. The molecule has 200 valence electrons. The molecule has 1 amide bonds. The molecule has 0 spiro atoms. The number of phenolic OH excluding ortho intramolecular Hbond substituents is 1. The minimum Gasteiger partial charge on any atom is -0.510 e. The second-order valence-corrected chi connectivity index (χ2v) is 11.4. The van der Waals surface area contributed by atoms with E-state index in [1.165, 1.54) is 6.07 Å². The molecule has 0 unspecified atom stereocenters. The number of primary amides is 1. The molecule has 3 aliphatic carbocycles. The summed E-state index contributed by atoms with van der Waals surface area (Å²) in [4.78, 5) is 27.6. The van der Waals surface area contributed by atoms with E-state index in [1.807, 2.05) is 20.8 Å². The van der Waals surface area contributed by atoms with E-state index in [2.05, 4.69) is 11.9 Å². The highest BCUT2D eigenvalue weighted by molar-refractivity contribution is 6.13. The van der Waals surface area contributed by atoms with Crippen LogP contribution in [0.3, 0.4) is 0 Å². The lowest BCUT2D eigenvalue weighted by Gasteiger charge is -2.52. The van der Waals surface area contributed by atoms with Gasteiger partial charge in [0.1, 0.15) is 23.1 Å². The number of benzene rings is 1. The number of amides is 1. The highest BCUT2D eigenvalue weighted by Crippen LogP contribution is 2.54. The molecule has 1 fully saturated rings. The van der Waals surface area contributed by atoms with Crippen molar-refractivity contribution in [3.8, 4) is 5.75 Å². The number of Topliss-reactive ketones (excluding diaryl/α,β-unsaturated/α-hetero) is 1. The molecule has 0 saturated heterocycles. The van der Waals surface area contributed by atoms with Gasteiger partial charge in [-0.1, -0.05) is 6.58 Å². The van der Waals surface area contributed by atoms with Crippen LogP contribution in [0.15, 0.2) is 35.1 Å². The van der Waals surface area contributed by atoms with Crippen molar-refractivity contribution in [3.63, 3.8) is 0 Å². The van der Waals surface area contributed by atoms with E-state index in [0.29, 0.717) is 0 Å². The average Bonchev–Trinajstić information content (AvgIpc) is 2.76. The number of carbonyl (C=O) groups is 2. The topological polar surface area (TPSA) is 156 Å². The SMILES string of the molecule is C=C1C(C(N)=O)=C(O)[C@@H](N(C)C)[C@@H]2C[C@@H]3Cc4c(F)c(CNC(C)(C)C)cc(O)c4C(O)=C3C(=O)[C@]12O. The minimum atomic E-state index is -2.35. The highest BCUT2D eigenvalue weighted by atomic mass is 19.1. The molecular formula is C27H34FN3O6. The molecule has 0 aromatic heterocycles. The number of rotatable bonds is 4. The van der Waals surface area contributed by atoms with E-state index in [0.717, 1.165) is 0 Å². The summed E-state index contributed by atoms with van der Waals surface area (Å²) in [6.45, 7) is 9.63. The van der Waals surface area contributed by atoms with E-state index in [1.54, 1.807) is 19.0 Å². The number of likely N-dealkylation sites (N-methyl/N-ethyl adjacent to an activating group) is 1. The van der Waals surface area contributed by atoms with Crippen molar-refractivity contribution in [2.45, 2.75) is 57.3 Å². The summed E-state index contributed by atoms with van der Waals surface area (Å²) < 4.78 is 15.7. The normalized spacial score (nSPS) is 27.8. The van der Waals surface area contributed by atoms with E-state index in [-0.39, 0.29) is 52.8 Å². The predicted molar refractivity (Wildman–Crippen MR) is 135 cm³/mol. The van der Waals surface area contributed by atoms with Gasteiger partial charge < -0.3 is 31.5 Å². The Labute approximate surface area is 214 Å². The van der Waals surface area contributed by atoms with Gasteiger partial charge in [0.05, 0.1) is 17.2 Å². The van der Waals surface area contributed by atoms with Crippen molar-refractivity contribution in [2.75, 3.05) is 14.1 Å². The highest BCUT2D eigenvalue weighted by Gasteiger charge is 2.62. The maximum atomic E-state index is 15.7. The molecule has 1 aromatic rings. The number of hydrogen-bond acceptors (Lipinski definition) is 8. The third kappa shape index (κ3) is 3.94. The fraction of sp³-hybridized carbons (Fsp3) is 0.481. The zero-order chi connectivity index (χ0) is 27.8. The molecule has 10 heteroatoms. The maximum Gasteiger partial charge on any atom is 0.252 e. The molecule has 3 aliphatic rings. The Kier molecular flexibility index (Phi) is 6.30. The molecule has 0 bridgehead atoms. The van der Waals surface area contributed by atoms with Crippen molar-refractivity contribution in [1.29, 1.82) is 0 Å². The number of hydrogen-bond donors (Lipinski definition) is 6. The fourth-order valence-corrected chi connectivity index (χ4v) is 6.01. The molecule has 4 atom stereocenters. The molecule has 37 heavy (non-hydrogen) atoms. The number of aliphatic hydroxyl groups excluding tert-OH is 2. The van der Waals surface area contributed by atoms with Crippen molar-refractivity contribution in [1.82, 2.24) is 10.2 Å². The van der Waals surface area contributed by atoms with Crippen LogP contribution in [0.1, 0.15) is 43.9 Å². The number of carbonyl (C=O) groups excluding carboxylic acids is 2. The zero-order valence-electron chi connectivity index (χ0n) is 21.6. The summed E-state index contributed by atoms with van der Waals surface area (Å²) in [6, 6.07) is 0.246. The van der Waals surface area contributed by atoms with Crippen LogP contribution >= 0.6 is 0 Å². The minimum absolute atomic E-state index is 0.0183. The van der Waals surface area contributed by atoms with Crippen molar-refractivity contribution < 1.29 is 34.4 Å². The average molecular weight is 516 g/mol. The first-order chi connectivity index (χ1) is 17.0. The Morgan fingerprint density at radius 1 is 1.30 bits per heavy atom. The molecule has 0 radical (unpaired) electrons. The van der Waals surface area contributed by atoms with Gasteiger partial charge in [-0.2, -0.15) is 0 Å². The van der Waals surface area contributed by atoms with Crippen molar-refractivity contribution >= 4 is 17.4 Å². The van der Waals surface area contributed by atoms with Crippen LogP contribution in [0.4, 0.5) is 4.39 Å². The van der Waals surface area contributed by atoms with Gasteiger partial charge >= 0.3 is 0 Å². The van der Waals surface area contributed by atoms with Crippen LogP contribution in [0.5, 0.6) is 5.75 Å². The Bertz CT molecular complexity index is 1290. The third-order valence-corrected chi connectivity index (χ3v) is 7.72. The Hall–Kier alpha value is -3.21. The van der Waals surface area contributed by atoms with Crippen LogP contribution in [0, 0.1) is 17.7 Å². The number of fused-ring (bicyclic) bond motifs is 3. The summed E-state index contributed by atoms with van der Waals surface area (Å²) in [6.07, 6.45) is 0.0410. The molecular weight excluding hydrogens is 481 g/mol. The summed E-state index contributed by atoms with van der Waals surface area (Å²) in [5.74, 6) is -5.67. The van der Waals surface area contributed by atoms with Gasteiger partial charge in [0, 0.05) is 40.3 Å². The fourth-order valence-electron chi connectivity index (χ4n) is 6.01. The van der Waals surface area contributed by atoms with Crippen LogP contribution in [-0.2, 0) is 22.6 Å². The number of phenols is 1. The first-order valence-corrected chi connectivity index (χ1v) is 12.1. The Morgan fingerprint density at radius 3 is 2.46 bits per heavy atom. The molecule has 1 saturated carbocycles. The van der Waals surface area contributed by atoms with Crippen LogP contribution in [-0.4, -0.2) is 68.3 Å². The summed E-state index contributed by atoms with van der Waals surface area (Å²) >= 11 is 0. The standard InChI is InChI=1S/C27H34FN3O6/c1-11-17(25(29)36)23(34)21(31(5)6)15-8-12-7-14-19(22(33)18(12)24(35)27(11,15)37)16(32)9-13(20(14)28)10-30-26(2,3)4/h9,12,15,21,30,32-34,37H,1,7-8,10H2,2-6H3,(H2,29,36)/t12-,15-,21-,27-/m0/s1.